The second-order valence-electron chi connectivity index (χ2n) is 3.49. The van der Waals surface area contributed by atoms with E-state index in [-0.39, 0.29) is 5.56 Å². The highest BCUT2D eigenvalue weighted by molar-refractivity contribution is 7.80. The molecule has 0 saturated heterocycles. The summed E-state index contributed by atoms with van der Waals surface area (Å²) in [6.45, 7) is 1.70. The Labute approximate surface area is 94.2 Å². The molecule has 2 nitrogen and oxygen atoms in total. The van der Waals surface area contributed by atoms with Crippen LogP contribution in [0.25, 0.3) is 0 Å². The standard InChI is InChI=1S/C11H15FO2S/c1-7-3-2-4-8(12)10(7)11(14)9(13)5-6-15/h2-4,9,11,13-15H,5-6H2,1H3. The van der Waals surface area contributed by atoms with E-state index in [0.717, 1.165) is 0 Å². The summed E-state index contributed by atoms with van der Waals surface area (Å²) in [6, 6.07) is 4.56. The first kappa shape index (κ1) is 12.5. The van der Waals surface area contributed by atoms with Crippen molar-refractivity contribution in [1.29, 1.82) is 0 Å². The number of aliphatic hydroxyl groups excluding tert-OH is 2. The van der Waals surface area contributed by atoms with Gasteiger partial charge in [-0.15, -0.1) is 0 Å². The van der Waals surface area contributed by atoms with Crippen LogP contribution in [0.1, 0.15) is 23.7 Å². The van der Waals surface area contributed by atoms with Gasteiger partial charge in [-0.3, -0.25) is 0 Å². The fourth-order valence-electron chi connectivity index (χ4n) is 1.50. The van der Waals surface area contributed by atoms with E-state index in [0.29, 0.717) is 17.7 Å². The predicted octanol–water partition coefficient (Wildman–Crippen LogP) is 1.85. The number of aryl methyl sites for hydroxylation is 1. The summed E-state index contributed by atoms with van der Waals surface area (Å²) in [5.41, 5.74) is 0.812. The third-order valence-corrected chi connectivity index (χ3v) is 2.61. The van der Waals surface area contributed by atoms with Gasteiger partial charge in [-0.05, 0) is 30.7 Å². The molecule has 1 aromatic carbocycles. The molecule has 0 aromatic heterocycles. The molecule has 0 heterocycles. The van der Waals surface area contributed by atoms with Crippen LogP contribution in [0, 0.1) is 12.7 Å². The summed E-state index contributed by atoms with van der Waals surface area (Å²) in [6.07, 6.45) is -1.82. The summed E-state index contributed by atoms with van der Waals surface area (Å²) in [5, 5.41) is 19.3. The molecule has 2 N–H and O–H groups in total. The minimum atomic E-state index is -1.18. The van der Waals surface area contributed by atoms with Gasteiger partial charge in [0.2, 0.25) is 0 Å². The van der Waals surface area contributed by atoms with E-state index in [2.05, 4.69) is 12.6 Å². The van der Waals surface area contributed by atoms with E-state index in [1.165, 1.54) is 6.07 Å². The van der Waals surface area contributed by atoms with Crippen molar-refractivity contribution in [3.05, 3.63) is 35.1 Å². The average Bonchev–Trinajstić information content (AvgIpc) is 2.17. The highest BCUT2D eigenvalue weighted by Crippen LogP contribution is 2.25. The molecule has 84 valence electrons. The normalized spacial score (nSPS) is 15.0. The lowest BCUT2D eigenvalue weighted by Gasteiger charge is -2.19. The lowest BCUT2D eigenvalue weighted by molar-refractivity contribution is 0.0148. The van der Waals surface area contributed by atoms with Crippen molar-refractivity contribution >= 4 is 12.6 Å². The molecule has 2 atom stereocenters. The summed E-state index contributed by atoms with van der Waals surface area (Å²) < 4.78 is 13.4. The number of aliphatic hydroxyl groups is 2. The van der Waals surface area contributed by atoms with Crippen LogP contribution in [0.3, 0.4) is 0 Å². The first-order valence-electron chi connectivity index (χ1n) is 4.80. The summed E-state index contributed by atoms with van der Waals surface area (Å²) in [4.78, 5) is 0. The van der Waals surface area contributed by atoms with Crippen LogP contribution in [0.2, 0.25) is 0 Å². The second kappa shape index (κ2) is 5.49. The van der Waals surface area contributed by atoms with Crippen molar-refractivity contribution < 1.29 is 14.6 Å². The Hall–Kier alpha value is -0.580. The maximum absolute atomic E-state index is 13.4. The van der Waals surface area contributed by atoms with Crippen molar-refractivity contribution in [1.82, 2.24) is 0 Å². The number of hydrogen-bond acceptors (Lipinski definition) is 3. The van der Waals surface area contributed by atoms with Crippen LogP contribution in [-0.2, 0) is 0 Å². The molecule has 2 unspecified atom stereocenters. The van der Waals surface area contributed by atoms with Gasteiger partial charge in [-0.25, -0.2) is 4.39 Å². The van der Waals surface area contributed by atoms with Crippen molar-refractivity contribution in [2.45, 2.75) is 25.6 Å². The first-order valence-corrected chi connectivity index (χ1v) is 5.43. The molecule has 0 amide bonds. The Kier molecular flexibility index (Phi) is 4.57. The van der Waals surface area contributed by atoms with E-state index < -0.39 is 18.0 Å². The molecule has 1 aromatic rings. The number of benzene rings is 1. The van der Waals surface area contributed by atoms with Crippen molar-refractivity contribution in [3.63, 3.8) is 0 Å². The van der Waals surface area contributed by atoms with Gasteiger partial charge in [-0.1, -0.05) is 12.1 Å². The summed E-state index contributed by atoms with van der Waals surface area (Å²) in [7, 11) is 0. The molecule has 4 heteroatoms. The monoisotopic (exact) mass is 230 g/mol. The largest absolute Gasteiger partial charge is 0.390 e. The maximum atomic E-state index is 13.4. The average molecular weight is 230 g/mol. The predicted molar refractivity (Wildman–Crippen MR) is 60.6 cm³/mol. The fraction of sp³-hybridized carbons (Fsp3) is 0.455. The highest BCUT2D eigenvalue weighted by Gasteiger charge is 2.22. The van der Waals surface area contributed by atoms with Gasteiger partial charge >= 0.3 is 0 Å². The highest BCUT2D eigenvalue weighted by atomic mass is 32.1. The minimum Gasteiger partial charge on any atom is -0.390 e. The van der Waals surface area contributed by atoms with E-state index in [4.69, 9.17) is 0 Å². The van der Waals surface area contributed by atoms with Crippen LogP contribution >= 0.6 is 12.6 Å². The molecule has 0 saturated carbocycles. The topological polar surface area (TPSA) is 40.5 Å². The number of rotatable bonds is 4. The maximum Gasteiger partial charge on any atom is 0.129 e. The lowest BCUT2D eigenvalue weighted by Crippen LogP contribution is -2.20. The smallest absolute Gasteiger partial charge is 0.129 e. The van der Waals surface area contributed by atoms with E-state index in [9.17, 15) is 14.6 Å². The summed E-state index contributed by atoms with van der Waals surface area (Å²) >= 11 is 3.95. The molecule has 0 bridgehead atoms. The molecule has 15 heavy (non-hydrogen) atoms. The van der Waals surface area contributed by atoms with Crippen LogP contribution in [0.15, 0.2) is 18.2 Å². The third-order valence-electron chi connectivity index (χ3n) is 2.36. The van der Waals surface area contributed by atoms with Crippen LogP contribution in [-0.4, -0.2) is 22.1 Å². The molecule has 0 aliphatic heterocycles. The molecule has 0 aliphatic rings. The van der Waals surface area contributed by atoms with E-state index >= 15 is 0 Å². The quantitative estimate of drug-likeness (QED) is 0.691. The zero-order valence-corrected chi connectivity index (χ0v) is 9.41. The van der Waals surface area contributed by atoms with E-state index in [1.807, 2.05) is 0 Å². The Balaban J connectivity index is 2.94. The molecule has 0 radical (unpaired) electrons. The number of halogens is 1. The van der Waals surface area contributed by atoms with Gasteiger partial charge in [0, 0.05) is 5.56 Å². The Morgan fingerprint density at radius 2 is 2.07 bits per heavy atom. The molecular formula is C11H15FO2S. The molecule has 1 rings (SSSR count). The molecule has 0 aliphatic carbocycles. The van der Waals surface area contributed by atoms with Gasteiger partial charge in [0.1, 0.15) is 11.9 Å². The van der Waals surface area contributed by atoms with E-state index in [1.54, 1.807) is 19.1 Å². The Morgan fingerprint density at radius 3 is 2.60 bits per heavy atom. The first-order chi connectivity index (χ1) is 7.07. The fourth-order valence-corrected chi connectivity index (χ4v) is 1.77. The minimum absolute atomic E-state index is 0.173. The van der Waals surface area contributed by atoms with Crippen molar-refractivity contribution in [2.24, 2.45) is 0 Å². The molecule has 0 fully saturated rings. The van der Waals surface area contributed by atoms with Crippen LogP contribution in [0.5, 0.6) is 0 Å². The third kappa shape index (κ3) is 2.93. The van der Waals surface area contributed by atoms with Crippen molar-refractivity contribution in [3.8, 4) is 0 Å². The van der Waals surface area contributed by atoms with Gasteiger partial charge in [-0.2, -0.15) is 12.6 Å². The van der Waals surface area contributed by atoms with Crippen molar-refractivity contribution in [2.75, 3.05) is 5.75 Å². The number of thiol groups is 1. The van der Waals surface area contributed by atoms with Gasteiger partial charge in [0.05, 0.1) is 6.10 Å². The van der Waals surface area contributed by atoms with Gasteiger partial charge in [0.15, 0.2) is 0 Å². The zero-order valence-electron chi connectivity index (χ0n) is 8.52. The molecule has 0 spiro atoms. The van der Waals surface area contributed by atoms with Gasteiger partial charge < -0.3 is 10.2 Å². The Morgan fingerprint density at radius 1 is 1.40 bits per heavy atom. The molecular weight excluding hydrogens is 215 g/mol. The zero-order chi connectivity index (χ0) is 11.4. The summed E-state index contributed by atoms with van der Waals surface area (Å²) in [5.74, 6) is -0.0353. The second-order valence-corrected chi connectivity index (χ2v) is 3.94. The lowest BCUT2D eigenvalue weighted by atomic mass is 9.98. The number of hydrogen-bond donors (Lipinski definition) is 3. The SMILES string of the molecule is Cc1cccc(F)c1C(O)C(O)CCS. The Bertz CT molecular complexity index is 310. The van der Waals surface area contributed by atoms with Crippen LogP contribution < -0.4 is 0 Å². The van der Waals surface area contributed by atoms with Crippen LogP contribution in [0.4, 0.5) is 4.39 Å². The van der Waals surface area contributed by atoms with Gasteiger partial charge in [0.25, 0.3) is 0 Å².